The predicted molar refractivity (Wildman–Crippen MR) is 112 cm³/mol. The van der Waals surface area contributed by atoms with Crippen molar-refractivity contribution in [3.63, 3.8) is 0 Å². The Bertz CT molecular complexity index is 752. The molecule has 1 aliphatic carbocycles. The molecule has 0 aromatic heterocycles. The molecule has 162 valence electrons. The van der Waals surface area contributed by atoms with E-state index in [2.05, 4.69) is 20.8 Å². The molecule has 2 N–H and O–H groups in total. The minimum absolute atomic E-state index is 0.147. The number of fused-ring (bicyclic) bond motifs is 3. The van der Waals surface area contributed by atoms with E-state index >= 15 is 0 Å². The second-order valence-electron chi connectivity index (χ2n) is 9.80. The average molecular weight is 405 g/mol. The maximum absolute atomic E-state index is 12.7. The van der Waals surface area contributed by atoms with Crippen LogP contribution in [0.25, 0.3) is 0 Å². The lowest BCUT2D eigenvalue weighted by Crippen LogP contribution is -2.47. The Morgan fingerprint density at radius 1 is 1.31 bits per heavy atom. The number of hydrogen-bond donors (Lipinski definition) is 2. The normalized spacial score (nSPS) is 25.5. The van der Waals surface area contributed by atoms with Crippen LogP contribution in [-0.4, -0.2) is 35.0 Å². The van der Waals surface area contributed by atoms with Gasteiger partial charge in [-0.05, 0) is 82.9 Å². The topological polar surface area (TPSA) is 76.0 Å². The summed E-state index contributed by atoms with van der Waals surface area (Å²) in [6.07, 6.45) is 4.60. The monoisotopic (exact) mass is 404 g/mol. The molecule has 0 bridgehead atoms. The largest absolute Gasteiger partial charge is 0.508 e. The third kappa shape index (κ3) is 4.11. The maximum atomic E-state index is 12.7. The van der Waals surface area contributed by atoms with Gasteiger partial charge in [-0.15, -0.1) is 0 Å². The van der Waals surface area contributed by atoms with Crippen LogP contribution < -0.4 is 4.74 Å². The highest BCUT2D eigenvalue weighted by Crippen LogP contribution is 2.56. The fraction of sp³-hybridized carbons (Fsp3) is 0.708. The van der Waals surface area contributed by atoms with Crippen LogP contribution in [0.3, 0.4) is 0 Å². The highest BCUT2D eigenvalue weighted by molar-refractivity contribution is 5.82. The summed E-state index contributed by atoms with van der Waals surface area (Å²) in [5.74, 6) is 1.23. The zero-order valence-corrected chi connectivity index (χ0v) is 18.5. The lowest BCUT2D eigenvalue weighted by atomic mass is 9.63. The quantitative estimate of drug-likeness (QED) is 0.532. The molecule has 3 unspecified atom stereocenters. The van der Waals surface area contributed by atoms with E-state index in [9.17, 15) is 15.0 Å². The zero-order chi connectivity index (χ0) is 21.4. The Morgan fingerprint density at radius 3 is 2.69 bits per heavy atom. The Labute approximate surface area is 174 Å². The lowest BCUT2D eigenvalue weighted by molar-refractivity contribution is -0.149. The number of carbonyl (C=O) groups is 1. The van der Waals surface area contributed by atoms with Gasteiger partial charge in [-0.1, -0.05) is 13.3 Å². The van der Waals surface area contributed by atoms with Gasteiger partial charge in [-0.2, -0.15) is 0 Å². The first-order valence-electron chi connectivity index (χ1n) is 11.0. The molecule has 0 spiro atoms. The minimum Gasteiger partial charge on any atom is -0.508 e. The molecule has 0 amide bonds. The van der Waals surface area contributed by atoms with Crippen molar-refractivity contribution in [1.82, 2.24) is 0 Å². The fourth-order valence-corrected chi connectivity index (χ4v) is 4.97. The molecular formula is C24H36O5. The Hall–Kier alpha value is -1.75. The summed E-state index contributed by atoms with van der Waals surface area (Å²) in [6, 6.07) is 3.60. The molecule has 3 rings (SSSR count). The molecule has 1 aliphatic heterocycles. The van der Waals surface area contributed by atoms with Gasteiger partial charge < -0.3 is 19.7 Å². The third-order valence-electron chi connectivity index (χ3n) is 6.94. The Balaban J connectivity index is 1.96. The summed E-state index contributed by atoms with van der Waals surface area (Å²) >= 11 is 0. The number of aliphatic hydroxyl groups is 1. The summed E-state index contributed by atoms with van der Waals surface area (Å²) in [5, 5.41) is 20.7. The van der Waals surface area contributed by atoms with Crippen molar-refractivity contribution in [1.29, 1.82) is 0 Å². The van der Waals surface area contributed by atoms with E-state index in [1.807, 2.05) is 19.9 Å². The van der Waals surface area contributed by atoms with Crippen LogP contribution >= 0.6 is 0 Å². The number of phenolic OH excluding ortho intramolecular Hbond substituents is 1. The Kier molecular flexibility index (Phi) is 6.19. The summed E-state index contributed by atoms with van der Waals surface area (Å²) in [4.78, 5) is 12.7. The average Bonchev–Trinajstić information content (AvgIpc) is 2.66. The van der Waals surface area contributed by atoms with Crippen LogP contribution in [0.2, 0.25) is 0 Å². The number of aromatic hydroxyl groups is 1. The van der Waals surface area contributed by atoms with Crippen molar-refractivity contribution in [3.05, 3.63) is 23.3 Å². The van der Waals surface area contributed by atoms with Gasteiger partial charge in [-0.3, -0.25) is 4.79 Å². The SMILES string of the molecule is CCCCOC(=O)C(C)(C)c1cc(O)c2c(c1)OC(C)(C)C1CCC(CO)CC21. The Morgan fingerprint density at radius 2 is 2.03 bits per heavy atom. The first-order valence-corrected chi connectivity index (χ1v) is 11.0. The third-order valence-corrected chi connectivity index (χ3v) is 6.94. The summed E-state index contributed by atoms with van der Waals surface area (Å²) in [7, 11) is 0. The molecule has 0 saturated heterocycles. The molecule has 1 aromatic carbocycles. The van der Waals surface area contributed by atoms with Gasteiger partial charge in [0.1, 0.15) is 17.1 Å². The van der Waals surface area contributed by atoms with E-state index in [0.29, 0.717) is 23.8 Å². The molecule has 1 fully saturated rings. The molecule has 1 aromatic rings. The van der Waals surface area contributed by atoms with Gasteiger partial charge in [0, 0.05) is 18.1 Å². The van der Waals surface area contributed by atoms with Crippen molar-refractivity contribution in [3.8, 4) is 11.5 Å². The van der Waals surface area contributed by atoms with Crippen LogP contribution in [0, 0.1) is 11.8 Å². The van der Waals surface area contributed by atoms with Crippen LogP contribution in [0.4, 0.5) is 0 Å². The second kappa shape index (κ2) is 8.17. The molecule has 5 nitrogen and oxygen atoms in total. The second-order valence-corrected chi connectivity index (χ2v) is 9.80. The molecule has 1 saturated carbocycles. The number of esters is 1. The van der Waals surface area contributed by atoms with Crippen molar-refractivity contribution < 1.29 is 24.5 Å². The summed E-state index contributed by atoms with van der Waals surface area (Å²) < 4.78 is 11.8. The van der Waals surface area contributed by atoms with Crippen LogP contribution in [0.1, 0.15) is 83.8 Å². The van der Waals surface area contributed by atoms with Crippen LogP contribution in [-0.2, 0) is 14.9 Å². The number of unbranched alkanes of at least 4 members (excludes halogenated alkanes) is 1. The van der Waals surface area contributed by atoms with Crippen molar-refractivity contribution >= 4 is 5.97 Å². The van der Waals surface area contributed by atoms with Crippen LogP contribution in [0.5, 0.6) is 11.5 Å². The highest BCUT2D eigenvalue weighted by atomic mass is 16.5. The van der Waals surface area contributed by atoms with E-state index in [1.54, 1.807) is 6.07 Å². The molecule has 3 atom stereocenters. The number of aliphatic hydroxyl groups excluding tert-OH is 1. The molecule has 29 heavy (non-hydrogen) atoms. The zero-order valence-electron chi connectivity index (χ0n) is 18.5. The highest BCUT2D eigenvalue weighted by Gasteiger charge is 2.48. The molecule has 2 aliphatic rings. The van der Waals surface area contributed by atoms with Gasteiger partial charge in [-0.25, -0.2) is 0 Å². The van der Waals surface area contributed by atoms with Crippen molar-refractivity contribution in [2.45, 2.75) is 83.7 Å². The minimum atomic E-state index is -0.884. The predicted octanol–water partition coefficient (Wildman–Crippen LogP) is 4.68. The van der Waals surface area contributed by atoms with Gasteiger partial charge in [0.15, 0.2) is 0 Å². The van der Waals surface area contributed by atoms with Gasteiger partial charge in [0.05, 0.1) is 12.0 Å². The molecule has 0 radical (unpaired) electrons. The molecule has 1 heterocycles. The lowest BCUT2D eigenvalue weighted by Gasteiger charge is -2.49. The van der Waals surface area contributed by atoms with E-state index in [0.717, 1.165) is 37.7 Å². The molecule has 5 heteroatoms. The van der Waals surface area contributed by atoms with Gasteiger partial charge >= 0.3 is 5.97 Å². The van der Waals surface area contributed by atoms with E-state index in [-0.39, 0.29) is 35.8 Å². The van der Waals surface area contributed by atoms with E-state index in [4.69, 9.17) is 9.47 Å². The number of rotatable bonds is 6. The van der Waals surface area contributed by atoms with Crippen LogP contribution in [0.15, 0.2) is 12.1 Å². The van der Waals surface area contributed by atoms with Gasteiger partial charge in [0.25, 0.3) is 0 Å². The molecular weight excluding hydrogens is 368 g/mol. The smallest absolute Gasteiger partial charge is 0.315 e. The standard InChI is InChI=1S/C24H36O5/c1-6-7-10-28-22(27)23(2,3)16-12-19(26)21-17-11-15(14-25)8-9-18(17)24(4,5)29-20(21)13-16/h12-13,15,17-18,25-26H,6-11,14H2,1-5H3. The fourth-order valence-electron chi connectivity index (χ4n) is 4.97. The summed E-state index contributed by atoms with van der Waals surface area (Å²) in [6.45, 7) is 10.5. The first-order chi connectivity index (χ1) is 13.6. The number of carbonyl (C=O) groups excluding carboxylic acids is 1. The first kappa shape index (κ1) is 21.9. The number of ether oxygens (including phenoxy) is 2. The van der Waals surface area contributed by atoms with E-state index in [1.165, 1.54) is 0 Å². The van der Waals surface area contributed by atoms with Gasteiger partial charge in [0.2, 0.25) is 0 Å². The number of benzene rings is 1. The van der Waals surface area contributed by atoms with Crippen molar-refractivity contribution in [2.75, 3.05) is 13.2 Å². The maximum Gasteiger partial charge on any atom is 0.315 e. The number of hydrogen-bond acceptors (Lipinski definition) is 5. The van der Waals surface area contributed by atoms with E-state index < -0.39 is 5.41 Å². The number of phenols is 1. The summed E-state index contributed by atoms with van der Waals surface area (Å²) in [5.41, 5.74) is 0.269. The van der Waals surface area contributed by atoms with Crippen molar-refractivity contribution in [2.24, 2.45) is 11.8 Å².